The van der Waals surface area contributed by atoms with Crippen molar-refractivity contribution >= 4 is 36.9 Å². The highest BCUT2D eigenvalue weighted by Crippen LogP contribution is 2.30. The largest absolute Gasteiger partial charge is 0.289 e. The van der Waals surface area contributed by atoms with Crippen LogP contribution in [0.3, 0.4) is 0 Å². The van der Waals surface area contributed by atoms with Crippen LogP contribution in [0.2, 0.25) is 0 Å². The van der Waals surface area contributed by atoms with Gasteiger partial charge in [0.2, 0.25) is 0 Å². The van der Waals surface area contributed by atoms with Gasteiger partial charge in [-0.05, 0) is 49.8 Å². The predicted octanol–water partition coefficient (Wildman–Crippen LogP) is 4.14. The van der Waals surface area contributed by atoms with Crippen molar-refractivity contribution < 1.29 is 0 Å². The summed E-state index contributed by atoms with van der Waals surface area (Å²) < 4.78 is 6.37. The topological polar surface area (TPSA) is 3.24 Å². The van der Waals surface area contributed by atoms with E-state index in [9.17, 15) is 0 Å². The molecule has 0 fully saturated rings. The molecule has 0 N–H and O–H groups in total. The van der Waals surface area contributed by atoms with Crippen LogP contribution in [-0.4, -0.2) is 4.51 Å². The molecule has 0 saturated heterocycles. The fraction of sp³-hybridized carbons (Fsp3) is 0. The number of benzene rings is 2. The van der Waals surface area contributed by atoms with Gasteiger partial charge in [-0.3, -0.25) is 3.11 Å². The average molecular weight is 309 g/mol. The SMILES string of the molecule is C=IN(c1ccccc1)c1ccccc1. The minimum absolute atomic E-state index is 0.232. The van der Waals surface area contributed by atoms with Crippen LogP contribution in [0.5, 0.6) is 0 Å². The zero-order valence-electron chi connectivity index (χ0n) is 8.31. The van der Waals surface area contributed by atoms with Crippen molar-refractivity contribution in [3.63, 3.8) is 0 Å². The quantitative estimate of drug-likeness (QED) is 0.608. The molecule has 0 amide bonds. The smallest absolute Gasteiger partial charge is 0.0506 e. The number of rotatable bonds is 3. The van der Waals surface area contributed by atoms with Crippen molar-refractivity contribution in [3.8, 4) is 0 Å². The zero-order chi connectivity index (χ0) is 10.5. The van der Waals surface area contributed by atoms with E-state index in [2.05, 4.69) is 56.2 Å². The summed E-state index contributed by atoms with van der Waals surface area (Å²) in [6, 6.07) is 20.8. The maximum Gasteiger partial charge on any atom is 0.0506 e. The van der Waals surface area contributed by atoms with Crippen LogP contribution in [0.25, 0.3) is 0 Å². The number of nitrogens with zero attached hydrogens (tertiary/aromatic N) is 1. The lowest BCUT2D eigenvalue weighted by Gasteiger charge is -2.18. The van der Waals surface area contributed by atoms with Crippen LogP contribution >= 0.6 is 21.0 Å². The van der Waals surface area contributed by atoms with Crippen LogP contribution in [0.4, 0.5) is 11.4 Å². The molecule has 0 heterocycles. The highest BCUT2D eigenvalue weighted by Gasteiger charge is 2.03. The molecule has 1 nitrogen and oxygen atoms in total. The van der Waals surface area contributed by atoms with Crippen molar-refractivity contribution in [2.24, 2.45) is 0 Å². The Labute approximate surface area is 100 Å². The summed E-state index contributed by atoms with van der Waals surface area (Å²) in [5.41, 5.74) is 2.46. The van der Waals surface area contributed by atoms with Crippen molar-refractivity contribution in [1.82, 2.24) is 0 Å². The summed E-state index contributed by atoms with van der Waals surface area (Å²) in [5.74, 6) is 0. The standard InChI is InChI=1S/C13H12IN/c1-14-15(12-8-4-2-5-9-12)13-10-6-3-7-11-13/h2-11H,1H2. The van der Waals surface area contributed by atoms with E-state index in [1.807, 2.05) is 12.1 Å². The van der Waals surface area contributed by atoms with E-state index < -0.39 is 0 Å². The van der Waals surface area contributed by atoms with Gasteiger partial charge in [-0.1, -0.05) is 36.4 Å². The Balaban J connectivity index is 2.38. The molecular weight excluding hydrogens is 297 g/mol. The first-order valence-corrected chi connectivity index (χ1v) is 7.20. The van der Waals surface area contributed by atoms with E-state index in [-0.39, 0.29) is 21.0 Å². The molecule has 0 unspecified atom stereocenters. The van der Waals surface area contributed by atoms with E-state index in [1.165, 1.54) is 11.4 Å². The zero-order valence-corrected chi connectivity index (χ0v) is 10.5. The van der Waals surface area contributed by atoms with Crippen LogP contribution in [0, 0.1) is 0 Å². The minimum atomic E-state index is -0.232. The molecule has 2 rings (SSSR count). The molecule has 2 aromatic rings. The number of para-hydroxylation sites is 2. The molecule has 0 spiro atoms. The van der Waals surface area contributed by atoms with Crippen molar-refractivity contribution in [2.75, 3.05) is 3.11 Å². The molecule has 0 bridgehead atoms. The predicted molar refractivity (Wildman–Crippen MR) is 76.2 cm³/mol. The van der Waals surface area contributed by atoms with Gasteiger partial charge in [-0.2, -0.15) is 0 Å². The molecule has 2 aromatic carbocycles. The summed E-state index contributed by atoms with van der Waals surface area (Å²) in [5, 5.41) is 0. The third-order valence-corrected chi connectivity index (χ3v) is 3.88. The van der Waals surface area contributed by atoms with Crippen molar-refractivity contribution in [1.29, 1.82) is 0 Å². The molecule has 0 aliphatic rings. The van der Waals surface area contributed by atoms with Gasteiger partial charge < -0.3 is 0 Å². The Bertz CT molecular complexity index is 385. The van der Waals surface area contributed by atoms with E-state index in [0.717, 1.165) is 0 Å². The molecule has 15 heavy (non-hydrogen) atoms. The van der Waals surface area contributed by atoms with Gasteiger partial charge in [0.1, 0.15) is 0 Å². The lowest BCUT2D eigenvalue weighted by molar-refractivity contribution is 1.47. The molecule has 0 radical (unpaired) electrons. The van der Waals surface area contributed by atoms with Crippen LogP contribution in [-0.2, 0) is 0 Å². The van der Waals surface area contributed by atoms with Gasteiger partial charge in [0.05, 0.1) is 11.4 Å². The van der Waals surface area contributed by atoms with Gasteiger partial charge in [0, 0.05) is 0 Å². The second-order valence-corrected chi connectivity index (χ2v) is 4.72. The van der Waals surface area contributed by atoms with Crippen molar-refractivity contribution in [3.05, 3.63) is 60.7 Å². The maximum atomic E-state index is 4.07. The Morgan fingerprint density at radius 3 is 1.47 bits per heavy atom. The number of halogens is 1. The van der Waals surface area contributed by atoms with E-state index in [0.29, 0.717) is 0 Å². The molecule has 0 saturated carbocycles. The first-order valence-electron chi connectivity index (χ1n) is 4.70. The van der Waals surface area contributed by atoms with Crippen LogP contribution in [0.15, 0.2) is 60.7 Å². The van der Waals surface area contributed by atoms with E-state index in [4.69, 9.17) is 0 Å². The molecule has 0 aromatic heterocycles. The maximum absolute atomic E-state index is 4.07. The van der Waals surface area contributed by atoms with Crippen LogP contribution in [0.1, 0.15) is 0 Å². The van der Waals surface area contributed by atoms with Gasteiger partial charge in [0.15, 0.2) is 0 Å². The van der Waals surface area contributed by atoms with Crippen molar-refractivity contribution in [2.45, 2.75) is 0 Å². The second kappa shape index (κ2) is 5.07. The number of hydrogen-bond acceptors (Lipinski definition) is 1. The first kappa shape index (κ1) is 10.4. The third kappa shape index (κ3) is 2.45. The normalized spacial score (nSPS) is 9.87. The lowest BCUT2D eigenvalue weighted by Crippen LogP contribution is -2.01. The van der Waals surface area contributed by atoms with Gasteiger partial charge in [0.25, 0.3) is 0 Å². The molecule has 0 aliphatic heterocycles. The number of anilines is 2. The molecule has 76 valence electrons. The molecular formula is C13H12IN. The Hall–Kier alpha value is -1.16. The summed E-state index contributed by atoms with van der Waals surface area (Å²) in [4.78, 5) is 0. The summed E-state index contributed by atoms with van der Waals surface area (Å²) in [6.07, 6.45) is 0. The minimum Gasteiger partial charge on any atom is -0.289 e. The first-order chi connectivity index (χ1) is 7.42. The highest BCUT2D eigenvalue weighted by atomic mass is 127. The molecule has 0 aliphatic carbocycles. The fourth-order valence-corrected chi connectivity index (χ4v) is 2.84. The molecule has 0 atom stereocenters. The summed E-state index contributed by atoms with van der Waals surface area (Å²) >= 11 is -0.232. The molecule has 2 heteroatoms. The summed E-state index contributed by atoms with van der Waals surface area (Å²) in [7, 11) is 0. The van der Waals surface area contributed by atoms with Gasteiger partial charge in [-0.15, -0.1) is 0 Å². The lowest BCUT2D eigenvalue weighted by atomic mass is 10.3. The van der Waals surface area contributed by atoms with Gasteiger partial charge in [-0.25, -0.2) is 0 Å². The monoisotopic (exact) mass is 309 g/mol. The highest BCUT2D eigenvalue weighted by molar-refractivity contribution is 14.2. The van der Waals surface area contributed by atoms with E-state index >= 15 is 0 Å². The third-order valence-electron chi connectivity index (χ3n) is 2.09. The van der Waals surface area contributed by atoms with E-state index in [1.54, 1.807) is 0 Å². The van der Waals surface area contributed by atoms with Gasteiger partial charge >= 0.3 is 0 Å². The fourth-order valence-electron chi connectivity index (χ4n) is 1.40. The number of hydrogen-bond donors (Lipinski definition) is 0. The summed E-state index contributed by atoms with van der Waals surface area (Å²) in [6.45, 7) is 0. The Morgan fingerprint density at radius 1 is 0.733 bits per heavy atom. The average Bonchev–Trinajstić information content (AvgIpc) is 2.33. The Kier molecular flexibility index (Phi) is 3.50. The van der Waals surface area contributed by atoms with Crippen LogP contribution < -0.4 is 3.11 Å². The Morgan fingerprint density at radius 2 is 1.13 bits per heavy atom. The second-order valence-electron chi connectivity index (χ2n) is 3.07.